The molecule has 1 aromatic rings. The molecular formula is C20H30BrNO3. The summed E-state index contributed by atoms with van der Waals surface area (Å²) in [5.41, 5.74) is 1.07. The zero-order valence-electron chi connectivity index (χ0n) is 15.7. The Labute approximate surface area is 159 Å². The minimum atomic E-state index is -0.786. The van der Waals surface area contributed by atoms with E-state index >= 15 is 0 Å². The first-order chi connectivity index (χ1) is 11.7. The van der Waals surface area contributed by atoms with Crippen LogP contribution in [0, 0.1) is 18.3 Å². The van der Waals surface area contributed by atoms with Gasteiger partial charge in [0.2, 0.25) is 0 Å². The summed E-state index contributed by atoms with van der Waals surface area (Å²) in [6.45, 7) is 9.80. The van der Waals surface area contributed by atoms with Crippen LogP contribution in [0.15, 0.2) is 22.7 Å². The van der Waals surface area contributed by atoms with E-state index in [1.54, 1.807) is 4.90 Å². The molecule has 1 N–H and O–H groups in total. The molecule has 25 heavy (non-hydrogen) atoms. The van der Waals surface area contributed by atoms with Gasteiger partial charge in [-0.25, -0.2) is 4.79 Å². The van der Waals surface area contributed by atoms with E-state index in [0.29, 0.717) is 19.1 Å². The summed E-state index contributed by atoms with van der Waals surface area (Å²) >= 11 is 3.53. The number of carboxylic acid groups (broad SMARTS) is 1. The molecule has 1 aromatic carbocycles. The summed E-state index contributed by atoms with van der Waals surface area (Å²) < 4.78 is 7.00. The summed E-state index contributed by atoms with van der Waals surface area (Å²) in [4.78, 5) is 13.3. The van der Waals surface area contributed by atoms with Crippen molar-refractivity contribution < 1.29 is 14.6 Å². The number of ether oxygens (including phenoxy) is 1. The highest BCUT2D eigenvalue weighted by molar-refractivity contribution is 9.10. The van der Waals surface area contributed by atoms with Crippen LogP contribution >= 0.6 is 15.9 Å². The van der Waals surface area contributed by atoms with Gasteiger partial charge < -0.3 is 14.7 Å². The molecule has 2 atom stereocenters. The summed E-state index contributed by atoms with van der Waals surface area (Å²) in [6, 6.07) is 6.06. The highest BCUT2D eigenvalue weighted by atomic mass is 79.9. The van der Waals surface area contributed by atoms with Gasteiger partial charge in [-0.15, -0.1) is 0 Å². The second-order valence-corrected chi connectivity index (χ2v) is 8.90. The fourth-order valence-corrected chi connectivity index (χ4v) is 4.39. The summed E-state index contributed by atoms with van der Waals surface area (Å²) in [6.07, 6.45) is 3.21. The Morgan fingerprint density at radius 3 is 2.76 bits per heavy atom. The first-order valence-corrected chi connectivity index (χ1v) is 9.88. The predicted molar refractivity (Wildman–Crippen MR) is 104 cm³/mol. The smallest absolute Gasteiger partial charge is 0.407 e. The number of piperidine rings is 1. The summed E-state index contributed by atoms with van der Waals surface area (Å²) in [5.74, 6) is 1.31. The number of amides is 1. The number of hydrogen-bond acceptors (Lipinski definition) is 2. The van der Waals surface area contributed by atoms with Gasteiger partial charge >= 0.3 is 6.09 Å². The van der Waals surface area contributed by atoms with E-state index < -0.39 is 6.09 Å². The molecule has 1 fully saturated rings. The summed E-state index contributed by atoms with van der Waals surface area (Å²) in [5, 5.41) is 9.56. The molecule has 0 bridgehead atoms. The monoisotopic (exact) mass is 411 g/mol. The number of carbonyl (C=O) groups is 1. The molecule has 1 aliphatic heterocycles. The highest BCUT2D eigenvalue weighted by Gasteiger charge is 2.41. The van der Waals surface area contributed by atoms with Crippen molar-refractivity contribution in [1.29, 1.82) is 0 Å². The minimum Gasteiger partial charge on any atom is -0.493 e. The van der Waals surface area contributed by atoms with Crippen molar-refractivity contribution in [2.45, 2.75) is 59.4 Å². The van der Waals surface area contributed by atoms with Crippen molar-refractivity contribution >= 4 is 22.0 Å². The van der Waals surface area contributed by atoms with E-state index in [1.165, 1.54) is 0 Å². The van der Waals surface area contributed by atoms with E-state index in [2.05, 4.69) is 36.7 Å². The Morgan fingerprint density at radius 2 is 2.12 bits per heavy atom. The van der Waals surface area contributed by atoms with Crippen molar-refractivity contribution in [2.24, 2.45) is 11.3 Å². The molecular weight excluding hydrogens is 382 g/mol. The van der Waals surface area contributed by atoms with Crippen LogP contribution in [0.1, 0.15) is 52.0 Å². The van der Waals surface area contributed by atoms with Gasteiger partial charge in [-0.1, -0.05) is 42.8 Å². The molecule has 1 aliphatic rings. The average molecular weight is 412 g/mol. The number of rotatable bonds is 5. The zero-order valence-corrected chi connectivity index (χ0v) is 17.3. The van der Waals surface area contributed by atoms with Gasteiger partial charge in [0.05, 0.1) is 6.61 Å². The van der Waals surface area contributed by atoms with Gasteiger partial charge in [0.25, 0.3) is 0 Å². The average Bonchev–Trinajstić information content (AvgIpc) is 2.54. The fourth-order valence-electron chi connectivity index (χ4n) is 4.04. The Kier molecular flexibility index (Phi) is 6.78. The van der Waals surface area contributed by atoms with Crippen LogP contribution in [0.25, 0.3) is 0 Å². The van der Waals surface area contributed by atoms with Gasteiger partial charge in [-0.05, 0) is 56.1 Å². The van der Waals surface area contributed by atoms with Gasteiger partial charge in [0.1, 0.15) is 5.75 Å². The quantitative estimate of drug-likeness (QED) is 0.629. The molecule has 1 saturated heterocycles. The molecule has 1 unspecified atom stereocenters. The van der Waals surface area contributed by atoms with Crippen molar-refractivity contribution in [3.8, 4) is 5.75 Å². The molecule has 1 heterocycles. The first kappa shape index (κ1) is 20.1. The molecule has 0 radical (unpaired) electrons. The minimum absolute atomic E-state index is 0.0504. The van der Waals surface area contributed by atoms with Gasteiger partial charge in [-0.3, -0.25) is 0 Å². The van der Waals surface area contributed by atoms with Crippen LogP contribution in [0.3, 0.4) is 0 Å². The molecule has 0 saturated carbocycles. The number of halogens is 1. The van der Waals surface area contributed by atoms with E-state index in [4.69, 9.17) is 4.74 Å². The van der Waals surface area contributed by atoms with Crippen LogP contribution < -0.4 is 4.74 Å². The zero-order chi connectivity index (χ0) is 18.6. The molecule has 5 heteroatoms. The van der Waals surface area contributed by atoms with Crippen LogP contribution in [0.2, 0.25) is 0 Å². The van der Waals surface area contributed by atoms with Gasteiger partial charge in [0.15, 0.2) is 0 Å². The Hall–Kier alpha value is -1.23. The van der Waals surface area contributed by atoms with Crippen molar-refractivity contribution in [2.75, 3.05) is 13.2 Å². The Balaban J connectivity index is 1.94. The molecule has 2 rings (SSSR count). The normalized spacial score (nSPS) is 21.2. The lowest BCUT2D eigenvalue weighted by molar-refractivity contribution is 0.0185. The van der Waals surface area contributed by atoms with E-state index in [0.717, 1.165) is 41.5 Å². The van der Waals surface area contributed by atoms with Crippen LogP contribution in [-0.4, -0.2) is 35.3 Å². The predicted octanol–water partition coefficient (Wildman–Crippen LogP) is 5.72. The van der Waals surface area contributed by atoms with Crippen LogP contribution in [0.5, 0.6) is 5.75 Å². The van der Waals surface area contributed by atoms with Gasteiger partial charge in [-0.2, -0.15) is 0 Å². The number of benzene rings is 1. The van der Waals surface area contributed by atoms with Crippen LogP contribution in [0.4, 0.5) is 4.79 Å². The Bertz CT molecular complexity index is 597. The van der Waals surface area contributed by atoms with E-state index in [-0.39, 0.29) is 11.5 Å². The first-order valence-electron chi connectivity index (χ1n) is 9.09. The lowest BCUT2D eigenvalue weighted by Gasteiger charge is -2.47. The number of likely N-dealkylation sites (tertiary alicyclic amines) is 1. The molecule has 0 spiro atoms. The van der Waals surface area contributed by atoms with Crippen molar-refractivity contribution in [1.82, 2.24) is 4.90 Å². The third kappa shape index (κ3) is 5.13. The third-order valence-corrected chi connectivity index (χ3v) is 5.94. The van der Waals surface area contributed by atoms with E-state index in [9.17, 15) is 9.90 Å². The number of hydrogen-bond donors (Lipinski definition) is 1. The fraction of sp³-hybridized carbons (Fsp3) is 0.650. The second-order valence-electron chi connectivity index (χ2n) is 8.04. The largest absolute Gasteiger partial charge is 0.493 e. The maximum Gasteiger partial charge on any atom is 0.407 e. The molecule has 4 nitrogen and oxygen atoms in total. The topological polar surface area (TPSA) is 49.8 Å². The lowest BCUT2D eigenvalue weighted by Crippen LogP contribution is -2.54. The second kappa shape index (κ2) is 8.43. The van der Waals surface area contributed by atoms with E-state index in [1.807, 2.05) is 25.1 Å². The van der Waals surface area contributed by atoms with Crippen molar-refractivity contribution in [3.05, 3.63) is 28.2 Å². The SMILES string of the molecule is Cc1c(Br)cccc1OCCCC1CCCN(C(=O)O)[C@H]1C(C)(C)C. The maximum atomic E-state index is 11.6. The molecule has 1 amide bonds. The standard InChI is InChI=1S/C20H30BrNO3/c1-14-16(21)10-5-11-17(14)25-13-7-9-15-8-6-12-22(19(23)24)18(15)20(2,3)4/h5,10-11,15,18H,6-9,12-13H2,1-4H3,(H,23,24)/t15?,18-/m1/s1. The third-order valence-electron chi connectivity index (χ3n) is 5.08. The Morgan fingerprint density at radius 1 is 1.40 bits per heavy atom. The van der Waals surface area contributed by atoms with Gasteiger partial charge in [0, 0.05) is 22.6 Å². The molecule has 140 valence electrons. The lowest BCUT2D eigenvalue weighted by atomic mass is 9.72. The van der Waals surface area contributed by atoms with Crippen molar-refractivity contribution in [3.63, 3.8) is 0 Å². The summed E-state index contributed by atoms with van der Waals surface area (Å²) in [7, 11) is 0. The number of nitrogens with zero attached hydrogens (tertiary/aromatic N) is 1. The maximum absolute atomic E-state index is 11.6. The molecule has 0 aromatic heterocycles. The highest BCUT2D eigenvalue weighted by Crippen LogP contribution is 2.38. The van der Waals surface area contributed by atoms with Crippen LogP contribution in [-0.2, 0) is 0 Å². The molecule has 0 aliphatic carbocycles.